The summed E-state index contributed by atoms with van der Waals surface area (Å²) in [5.41, 5.74) is 0. The molecule has 1 saturated carbocycles. The van der Waals surface area contributed by atoms with Crippen molar-refractivity contribution < 1.29 is 42.3 Å². The summed E-state index contributed by atoms with van der Waals surface area (Å²) in [6.45, 7) is 0. The number of Topliss-reactive ketones (excluding diaryl/α,β-unsaturated/α-hetero) is 4. The molecule has 0 aliphatic heterocycles. The predicted molar refractivity (Wildman–Crippen MR) is 45.3 cm³/mol. The monoisotopic (exact) mass is 266 g/mol. The minimum Gasteiger partial charge on any atom is -0.475 e. The molecule has 18 heavy (non-hydrogen) atoms. The average molecular weight is 266 g/mol. The number of alkyl halides is 3. The molecule has 1 N–H and O–H groups in total. The molecule has 1 rings (SSSR count). The van der Waals surface area contributed by atoms with Gasteiger partial charge < -0.3 is 5.11 Å². The number of halogens is 3. The number of hydrogen-bond donors (Lipinski definition) is 1. The minimum absolute atomic E-state index is 1.60. The first-order valence-electron chi connectivity index (χ1n) is 4.52. The summed E-state index contributed by atoms with van der Waals surface area (Å²) in [4.78, 5) is 54.8. The molecule has 0 bridgehead atoms. The highest BCUT2D eigenvalue weighted by Gasteiger charge is 2.56. The lowest BCUT2D eigenvalue weighted by molar-refractivity contribution is -0.158. The molecular formula is C9H5F3O6. The molecule has 6 nitrogen and oxygen atoms in total. The molecule has 0 heterocycles. The normalized spacial score (nSPS) is 24.5. The van der Waals surface area contributed by atoms with Crippen molar-refractivity contribution in [2.24, 2.45) is 11.8 Å². The van der Waals surface area contributed by atoms with Crippen LogP contribution in [-0.2, 0) is 24.0 Å². The number of aliphatic carboxylic acids is 1. The molecule has 2 unspecified atom stereocenters. The van der Waals surface area contributed by atoms with Crippen LogP contribution in [0.25, 0.3) is 0 Å². The maximum Gasteiger partial charge on any atom is 0.390 e. The van der Waals surface area contributed by atoms with Gasteiger partial charge in [0.25, 0.3) is 5.78 Å². The van der Waals surface area contributed by atoms with Gasteiger partial charge in [0, 0.05) is 0 Å². The number of carbonyl (C=O) groups is 5. The molecule has 2 atom stereocenters. The summed E-state index contributed by atoms with van der Waals surface area (Å²) >= 11 is 0. The van der Waals surface area contributed by atoms with Crippen LogP contribution < -0.4 is 0 Å². The highest BCUT2D eigenvalue weighted by Crippen LogP contribution is 2.32. The number of carbonyl (C=O) groups excluding carboxylic acids is 4. The van der Waals surface area contributed by atoms with E-state index in [0.717, 1.165) is 0 Å². The van der Waals surface area contributed by atoms with Crippen LogP contribution in [-0.4, -0.2) is 40.4 Å². The van der Waals surface area contributed by atoms with Gasteiger partial charge in [-0.1, -0.05) is 0 Å². The van der Waals surface area contributed by atoms with Crippen molar-refractivity contribution in [1.29, 1.82) is 0 Å². The standard InChI is InChI=1S/C9H5F3O6/c10-9(11,12)1-2-4(13)3(6(15)5(2)14)7(16)8(17)18/h2-3H,1H2,(H,17,18). The third-order valence-corrected chi connectivity index (χ3v) is 2.36. The molecule has 0 aromatic rings. The van der Waals surface area contributed by atoms with Crippen LogP contribution in [0.15, 0.2) is 0 Å². The van der Waals surface area contributed by atoms with E-state index in [1.165, 1.54) is 0 Å². The molecule has 98 valence electrons. The van der Waals surface area contributed by atoms with Gasteiger partial charge in [-0.15, -0.1) is 0 Å². The lowest BCUT2D eigenvalue weighted by Gasteiger charge is -2.09. The third kappa shape index (κ3) is 2.44. The Bertz CT molecular complexity index is 463. The molecule has 0 spiro atoms. The topological polar surface area (TPSA) is 106 Å². The van der Waals surface area contributed by atoms with Gasteiger partial charge in [0.15, 0.2) is 11.7 Å². The molecule has 9 heteroatoms. The van der Waals surface area contributed by atoms with Gasteiger partial charge >= 0.3 is 12.1 Å². The van der Waals surface area contributed by atoms with Gasteiger partial charge in [-0.25, -0.2) is 4.79 Å². The second-order valence-electron chi connectivity index (χ2n) is 3.61. The smallest absolute Gasteiger partial charge is 0.390 e. The van der Waals surface area contributed by atoms with Crippen LogP contribution in [0, 0.1) is 11.8 Å². The lowest BCUT2D eigenvalue weighted by Crippen LogP contribution is -2.32. The Morgan fingerprint density at radius 1 is 1.11 bits per heavy atom. The Hall–Kier alpha value is -2.06. The van der Waals surface area contributed by atoms with E-state index in [1.54, 1.807) is 0 Å². The lowest BCUT2D eigenvalue weighted by atomic mass is 9.96. The van der Waals surface area contributed by atoms with Crippen LogP contribution in [0.5, 0.6) is 0 Å². The van der Waals surface area contributed by atoms with Crippen molar-refractivity contribution in [3.8, 4) is 0 Å². The molecule has 1 fully saturated rings. The minimum atomic E-state index is -4.88. The summed E-state index contributed by atoms with van der Waals surface area (Å²) in [6.07, 6.45) is -6.75. The van der Waals surface area contributed by atoms with Crippen molar-refractivity contribution in [2.45, 2.75) is 12.6 Å². The Morgan fingerprint density at radius 3 is 2.00 bits per heavy atom. The summed E-state index contributed by atoms with van der Waals surface area (Å²) in [6, 6.07) is 0. The highest BCUT2D eigenvalue weighted by molar-refractivity contribution is 6.60. The van der Waals surface area contributed by atoms with Crippen molar-refractivity contribution in [1.82, 2.24) is 0 Å². The second-order valence-corrected chi connectivity index (χ2v) is 3.61. The number of rotatable bonds is 3. The van der Waals surface area contributed by atoms with E-state index in [-0.39, 0.29) is 0 Å². The molecule has 1 aliphatic rings. The molecule has 0 radical (unpaired) electrons. The van der Waals surface area contributed by atoms with Crippen molar-refractivity contribution in [3.63, 3.8) is 0 Å². The molecular weight excluding hydrogens is 261 g/mol. The van der Waals surface area contributed by atoms with Gasteiger partial charge in [-0.2, -0.15) is 13.2 Å². The van der Waals surface area contributed by atoms with Crippen LogP contribution in [0.4, 0.5) is 13.2 Å². The molecule has 1 aliphatic carbocycles. The number of hydrogen-bond acceptors (Lipinski definition) is 5. The van der Waals surface area contributed by atoms with Crippen LogP contribution in [0.1, 0.15) is 6.42 Å². The highest BCUT2D eigenvalue weighted by atomic mass is 19.4. The van der Waals surface area contributed by atoms with Crippen molar-refractivity contribution in [3.05, 3.63) is 0 Å². The van der Waals surface area contributed by atoms with Crippen molar-refractivity contribution >= 4 is 29.1 Å². The fourth-order valence-corrected chi connectivity index (χ4v) is 1.57. The number of carboxylic acid groups (broad SMARTS) is 1. The van der Waals surface area contributed by atoms with E-state index < -0.39 is 53.5 Å². The molecule has 0 saturated heterocycles. The SMILES string of the molecule is O=C(O)C(=O)C1C(=O)C(=O)C(CC(F)(F)F)C1=O. The van der Waals surface area contributed by atoms with Gasteiger partial charge in [-0.3, -0.25) is 19.2 Å². The van der Waals surface area contributed by atoms with Crippen LogP contribution >= 0.6 is 0 Å². The van der Waals surface area contributed by atoms with Gasteiger partial charge in [0.2, 0.25) is 11.6 Å². The third-order valence-electron chi connectivity index (χ3n) is 2.36. The van der Waals surface area contributed by atoms with E-state index in [9.17, 15) is 37.1 Å². The Kier molecular flexibility index (Phi) is 3.36. The van der Waals surface area contributed by atoms with Gasteiger partial charge in [0.1, 0.15) is 0 Å². The quantitative estimate of drug-likeness (QED) is 0.547. The Morgan fingerprint density at radius 2 is 1.61 bits per heavy atom. The fraction of sp³-hybridized carbons (Fsp3) is 0.444. The number of ketones is 4. The van der Waals surface area contributed by atoms with Crippen LogP contribution in [0.2, 0.25) is 0 Å². The maximum absolute atomic E-state index is 12.1. The van der Waals surface area contributed by atoms with E-state index in [0.29, 0.717) is 0 Å². The van der Waals surface area contributed by atoms with Gasteiger partial charge in [-0.05, 0) is 0 Å². The first-order chi connectivity index (χ1) is 8.06. The van der Waals surface area contributed by atoms with Crippen LogP contribution in [0.3, 0.4) is 0 Å². The first-order valence-corrected chi connectivity index (χ1v) is 4.52. The van der Waals surface area contributed by atoms with E-state index in [1.807, 2.05) is 0 Å². The average Bonchev–Trinajstić information content (AvgIpc) is 2.40. The Balaban J connectivity index is 3.05. The fourth-order valence-electron chi connectivity index (χ4n) is 1.57. The maximum atomic E-state index is 12.1. The van der Waals surface area contributed by atoms with E-state index >= 15 is 0 Å². The number of carboxylic acids is 1. The second kappa shape index (κ2) is 4.31. The zero-order valence-corrected chi connectivity index (χ0v) is 8.48. The summed E-state index contributed by atoms with van der Waals surface area (Å²) in [5, 5.41) is 8.30. The molecule has 0 aromatic heterocycles. The van der Waals surface area contributed by atoms with Gasteiger partial charge in [0.05, 0.1) is 12.3 Å². The van der Waals surface area contributed by atoms with E-state index in [2.05, 4.69) is 0 Å². The summed E-state index contributed by atoms with van der Waals surface area (Å²) < 4.78 is 36.2. The first kappa shape index (κ1) is 14.0. The predicted octanol–water partition coefficient (Wildman–Crippen LogP) is -0.454. The Labute approximate surface area is 96.8 Å². The summed E-state index contributed by atoms with van der Waals surface area (Å²) in [7, 11) is 0. The largest absolute Gasteiger partial charge is 0.475 e. The van der Waals surface area contributed by atoms with Crippen molar-refractivity contribution in [2.75, 3.05) is 0 Å². The zero-order valence-electron chi connectivity index (χ0n) is 8.48. The molecule has 0 amide bonds. The molecule has 0 aromatic carbocycles. The van der Waals surface area contributed by atoms with E-state index in [4.69, 9.17) is 5.11 Å². The summed E-state index contributed by atoms with van der Waals surface area (Å²) in [5.74, 6) is -13.8. The zero-order chi connectivity index (χ0) is 14.2.